The summed E-state index contributed by atoms with van der Waals surface area (Å²) < 4.78 is 24.1. The maximum Gasteiger partial charge on any atom is 0.124 e. The van der Waals surface area contributed by atoms with Crippen LogP contribution in [-0.2, 0) is 5.41 Å². The number of methoxy groups -OCH3 is 2. The van der Waals surface area contributed by atoms with Gasteiger partial charge in [-0.05, 0) is 126 Å². The van der Waals surface area contributed by atoms with Crippen molar-refractivity contribution in [2.24, 2.45) is 5.92 Å². The average Bonchev–Trinajstić information content (AvgIpc) is 3.32. The highest BCUT2D eigenvalue weighted by molar-refractivity contribution is 6.06. The number of hydrogen-bond donors (Lipinski definition) is 0. The standard InChI is InChI=1S/C40H42O4/c1-9-43-31-15-11-29(12-16-31)40(30-13-17-32(18-14-30)44-27(6)24(2)3)35-19-10-28-23-33(41-7)22-26(5)37(28)38(35)34-20-25(4)21-36(42-8)39(34)40/h10-24,27H,9H2,1-8H3. The molecule has 5 aromatic carbocycles. The number of rotatable bonds is 9. The maximum atomic E-state index is 6.32. The van der Waals surface area contributed by atoms with Gasteiger partial charge in [-0.25, -0.2) is 0 Å². The largest absolute Gasteiger partial charge is 0.497 e. The first-order valence-electron chi connectivity index (χ1n) is 15.5. The van der Waals surface area contributed by atoms with E-state index in [1.54, 1.807) is 14.2 Å². The van der Waals surface area contributed by atoms with E-state index in [4.69, 9.17) is 18.9 Å². The molecule has 44 heavy (non-hydrogen) atoms. The van der Waals surface area contributed by atoms with Crippen molar-refractivity contribution >= 4 is 10.8 Å². The first kappa shape index (κ1) is 29.6. The van der Waals surface area contributed by atoms with Crippen LogP contribution in [0.4, 0.5) is 0 Å². The molecule has 0 saturated heterocycles. The lowest BCUT2D eigenvalue weighted by molar-refractivity contribution is 0.170. The van der Waals surface area contributed by atoms with Crippen molar-refractivity contribution in [2.75, 3.05) is 20.8 Å². The van der Waals surface area contributed by atoms with Crippen molar-refractivity contribution in [3.8, 4) is 34.1 Å². The van der Waals surface area contributed by atoms with Crippen LogP contribution in [0.25, 0.3) is 21.9 Å². The summed E-state index contributed by atoms with van der Waals surface area (Å²) in [5.74, 6) is 3.87. The smallest absolute Gasteiger partial charge is 0.124 e. The van der Waals surface area contributed by atoms with Gasteiger partial charge in [-0.3, -0.25) is 0 Å². The molecule has 0 radical (unpaired) electrons. The SMILES string of the molecule is CCOc1ccc(C2(c3ccc(OC(C)C(C)C)cc3)c3ccc4cc(OC)cc(C)c4c3-c3cc(C)cc(OC)c32)cc1. The Kier molecular flexibility index (Phi) is 7.79. The summed E-state index contributed by atoms with van der Waals surface area (Å²) in [4.78, 5) is 0. The molecule has 0 heterocycles. The van der Waals surface area contributed by atoms with Gasteiger partial charge in [-0.2, -0.15) is 0 Å². The normalized spacial score (nSPS) is 16.0. The summed E-state index contributed by atoms with van der Waals surface area (Å²) in [5.41, 5.74) is 8.80. The van der Waals surface area contributed by atoms with Gasteiger partial charge in [0.2, 0.25) is 0 Å². The summed E-state index contributed by atoms with van der Waals surface area (Å²) in [5, 5.41) is 2.39. The van der Waals surface area contributed by atoms with Crippen molar-refractivity contribution in [1.82, 2.24) is 0 Å². The van der Waals surface area contributed by atoms with Gasteiger partial charge >= 0.3 is 0 Å². The molecule has 0 saturated carbocycles. The van der Waals surface area contributed by atoms with Crippen LogP contribution in [0.2, 0.25) is 0 Å². The third kappa shape index (κ3) is 4.68. The molecule has 0 fully saturated rings. The average molecular weight is 587 g/mol. The molecular weight excluding hydrogens is 544 g/mol. The van der Waals surface area contributed by atoms with E-state index in [9.17, 15) is 0 Å². The molecule has 0 amide bonds. The van der Waals surface area contributed by atoms with Gasteiger partial charge in [-0.15, -0.1) is 0 Å². The zero-order valence-electron chi connectivity index (χ0n) is 27.1. The van der Waals surface area contributed by atoms with Crippen LogP contribution in [0.1, 0.15) is 61.1 Å². The van der Waals surface area contributed by atoms with Gasteiger partial charge in [-0.1, -0.05) is 56.3 Å². The van der Waals surface area contributed by atoms with Crippen LogP contribution in [0.5, 0.6) is 23.0 Å². The summed E-state index contributed by atoms with van der Waals surface area (Å²) in [7, 11) is 3.50. The van der Waals surface area contributed by atoms with Crippen molar-refractivity contribution in [3.05, 3.63) is 118 Å². The Morgan fingerprint density at radius 3 is 1.95 bits per heavy atom. The van der Waals surface area contributed by atoms with E-state index >= 15 is 0 Å². The Balaban J connectivity index is 1.72. The highest BCUT2D eigenvalue weighted by Crippen LogP contribution is 2.61. The van der Waals surface area contributed by atoms with Crippen molar-refractivity contribution in [3.63, 3.8) is 0 Å². The van der Waals surface area contributed by atoms with Crippen LogP contribution < -0.4 is 18.9 Å². The maximum absolute atomic E-state index is 6.32. The van der Waals surface area contributed by atoms with Crippen LogP contribution in [0.15, 0.2) is 84.9 Å². The molecule has 0 aromatic heterocycles. The Labute approximate surface area is 261 Å². The molecule has 4 heteroatoms. The van der Waals surface area contributed by atoms with E-state index in [1.165, 1.54) is 27.6 Å². The molecule has 1 aliphatic carbocycles. The molecule has 6 rings (SSSR count). The van der Waals surface area contributed by atoms with Gasteiger partial charge in [0, 0.05) is 5.56 Å². The number of hydrogen-bond acceptors (Lipinski definition) is 4. The molecule has 226 valence electrons. The quantitative estimate of drug-likeness (QED) is 0.169. The Morgan fingerprint density at radius 1 is 0.705 bits per heavy atom. The molecule has 0 N–H and O–H groups in total. The summed E-state index contributed by atoms with van der Waals surface area (Å²) in [6.07, 6.45) is 0.114. The fourth-order valence-electron chi connectivity index (χ4n) is 6.86. The fourth-order valence-corrected chi connectivity index (χ4v) is 6.86. The van der Waals surface area contributed by atoms with E-state index in [0.717, 1.165) is 50.6 Å². The molecular formula is C40H42O4. The molecule has 4 nitrogen and oxygen atoms in total. The van der Waals surface area contributed by atoms with Gasteiger partial charge < -0.3 is 18.9 Å². The van der Waals surface area contributed by atoms with Gasteiger partial charge in [0.15, 0.2) is 0 Å². The second-order valence-electron chi connectivity index (χ2n) is 12.2. The summed E-state index contributed by atoms with van der Waals surface area (Å²) in [6, 6.07) is 30.5. The third-order valence-electron chi connectivity index (χ3n) is 9.19. The molecule has 5 aromatic rings. The van der Waals surface area contributed by atoms with Gasteiger partial charge in [0.25, 0.3) is 0 Å². The number of benzene rings is 5. The summed E-state index contributed by atoms with van der Waals surface area (Å²) in [6.45, 7) is 13.4. The van der Waals surface area contributed by atoms with Gasteiger partial charge in [0.05, 0.1) is 32.3 Å². The molecule has 0 bridgehead atoms. The van der Waals surface area contributed by atoms with Crippen molar-refractivity contribution < 1.29 is 18.9 Å². The number of fused-ring (bicyclic) bond motifs is 5. The minimum atomic E-state index is -0.642. The van der Waals surface area contributed by atoms with Crippen LogP contribution in [0, 0.1) is 19.8 Å². The van der Waals surface area contributed by atoms with Crippen molar-refractivity contribution in [2.45, 2.75) is 53.1 Å². The predicted molar refractivity (Wildman–Crippen MR) is 180 cm³/mol. The molecule has 0 spiro atoms. The minimum Gasteiger partial charge on any atom is -0.497 e. The second-order valence-corrected chi connectivity index (χ2v) is 12.2. The van der Waals surface area contributed by atoms with Crippen LogP contribution in [-0.4, -0.2) is 26.9 Å². The third-order valence-corrected chi connectivity index (χ3v) is 9.19. The highest BCUT2D eigenvalue weighted by atomic mass is 16.5. The molecule has 2 unspecified atom stereocenters. The Bertz CT molecular complexity index is 1820. The van der Waals surface area contributed by atoms with E-state index in [2.05, 4.69) is 120 Å². The van der Waals surface area contributed by atoms with Crippen LogP contribution in [0.3, 0.4) is 0 Å². The topological polar surface area (TPSA) is 36.9 Å². The molecule has 2 atom stereocenters. The zero-order chi connectivity index (χ0) is 31.2. The predicted octanol–water partition coefficient (Wildman–Crippen LogP) is 9.66. The summed E-state index contributed by atoms with van der Waals surface area (Å²) >= 11 is 0. The molecule has 1 aliphatic rings. The monoisotopic (exact) mass is 586 g/mol. The first-order valence-corrected chi connectivity index (χ1v) is 15.5. The zero-order valence-corrected chi connectivity index (χ0v) is 27.1. The number of aryl methyl sites for hydroxylation is 2. The second kappa shape index (κ2) is 11.6. The van der Waals surface area contributed by atoms with E-state index in [1.807, 2.05) is 6.92 Å². The van der Waals surface area contributed by atoms with Gasteiger partial charge in [0.1, 0.15) is 23.0 Å². The van der Waals surface area contributed by atoms with Crippen molar-refractivity contribution in [1.29, 1.82) is 0 Å². The highest BCUT2D eigenvalue weighted by Gasteiger charge is 2.49. The number of ether oxygens (including phenoxy) is 4. The lowest BCUT2D eigenvalue weighted by atomic mass is 9.67. The van der Waals surface area contributed by atoms with E-state index < -0.39 is 5.41 Å². The molecule has 0 aliphatic heterocycles. The Morgan fingerprint density at radius 2 is 1.36 bits per heavy atom. The Hall–Kier alpha value is -4.44. The first-order chi connectivity index (χ1) is 21.2. The lowest BCUT2D eigenvalue weighted by Crippen LogP contribution is -2.29. The lowest BCUT2D eigenvalue weighted by Gasteiger charge is -2.35. The van der Waals surface area contributed by atoms with E-state index in [0.29, 0.717) is 12.5 Å². The minimum absolute atomic E-state index is 0.114. The van der Waals surface area contributed by atoms with E-state index in [-0.39, 0.29) is 6.10 Å². The van der Waals surface area contributed by atoms with Crippen LogP contribution >= 0.6 is 0 Å². The fraction of sp³-hybridized carbons (Fsp3) is 0.300.